The van der Waals surface area contributed by atoms with Gasteiger partial charge in [0.05, 0.1) is 13.2 Å². The molecule has 0 spiro atoms. The van der Waals surface area contributed by atoms with Crippen molar-refractivity contribution in [3.05, 3.63) is 62.0 Å². The Morgan fingerprint density at radius 3 is 2.67 bits per heavy atom. The van der Waals surface area contributed by atoms with Crippen molar-refractivity contribution in [2.75, 3.05) is 7.11 Å². The number of hydrogen-bond acceptors (Lipinski definition) is 3. The Labute approximate surface area is 142 Å². The van der Waals surface area contributed by atoms with Crippen molar-refractivity contribution in [2.24, 2.45) is 5.84 Å². The third kappa shape index (κ3) is 3.86. The van der Waals surface area contributed by atoms with Gasteiger partial charge in [0.2, 0.25) is 0 Å². The molecule has 1 atom stereocenters. The van der Waals surface area contributed by atoms with E-state index in [1.54, 1.807) is 7.11 Å². The van der Waals surface area contributed by atoms with Crippen LogP contribution in [0, 0.1) is 6.92 Å². The van der Waals surface area contributed by atoms with Gasteiger partial charge in [0, 0.05) is 8.95 Å². The van der Waals surface area contributed by atoms with Crippen molar-refractivity contribution in [2.45, 2.75) is 19.4 Å². The maximum Gasteiger partial charge on any atom is 0.122 e. The molecular formula is C16H18Br2N2O. The van der Waals surface area contributed by atoms with Gasteiger partial charge in [0.15, 0.2) is 0 Å². The molecule has 112 valence electrons. The molecule has 5 heteroatoms. The highest BCUT2D eigenvalue weighted by atomic mass is 79.9. The van der Waals surface area contributed by atoms with Crippen LogP contribution in [0.3, 0.4) is 0 Å². The van der Waals surface area contributed by atoms with Gasteiger partial charge >= 0.3 is 0 Å². The van der Waals surface area contributed by atoms with Gasteiger partial charge in [-0.05, 0) is 54.3 Å². The van der Waals surface area contributed by atoms with Crippen LogP contribution in [0.25, 0.3) is 0 Å². The molecule has 0 fully saturated rings. The van der Waals surface area contributed by atoms with Gasteiger partial charge in [-0.2, -0.15) is 0 Å². The molecule has 0 saturated heterocycles. The van der Waals surface area contributed by atoms with Crippen molar-refractivity contribution in [1.29, 1.82) is 0 Å². The van der Waals surface area contributed by atoms with Gasteiger partial charge in [-0.15, -0.1) is 0 Å². The summed E-state index contributed by atoms with van der Waals surface area (Å²) in [5.41, 5.74) is 6.38. The third-order valence-corrected chi connectivity index (χ3v) is 4.91. The lowest BCUT2D eigenvalue weighted by atomic mass is 9.95. The Morgan fingerprint density at radius 1 is 1.24 bits per heavy atom. The second-order valence-corrected chi connectivity index (χ2v) is 6.60. The first-order chi connectivity index (χ1) is 10.1. The maximum absolute atomic E-state index is 5.78. The monoisotopic (exact) mass is 412 g/mol. The summed E-state index contributed by atoms with van der Waals surface area (Å²) in [6.07, 6.45) is 0.746. The fourth-order valence-electron chi connectivity index (χ4n) is 2.39. The first-order valence-corrected chi connectivity index (χ1v) is 8.19. The first-order valence-electron chi connectivity index (χ1n) is 6.60. The summed E-state index contributed by atoms with van der Waals surface area (Å²) in [5.74, 6) is 6.65. The molecule has 0 aromatic heterocycles. The highest BCUT2D eigenvalue weighted by molar-refractivity contribution is 9.10. The summed E-state index contributed by atoms with van der Waals surface area (Å²) in [6, 6.07) is 12.2. The maximum atomic E-state index is 5.78. The molecule has 21 heavy (non-hydrogen) atoms. The largest absolute Gasteiger partial charge is 0.496 e. The lowest BCUT2D eigenvalue weighted by molar-refractivity contribution is 0.405. The van der Waals surface area contributed by atoms with Gasteiger partial charge in [0.1, 0.15) is 5.75 Å². The molecule has 1 unspecified atom stereocenters. The molecule has 0 radical (unpaired) electrons. The lowest BCUT2D eigenvalue weighted by Gasteiger charge is -2.20. The highest BCUT2D eigenvalue weighted by Crippen LogP contribution is 2.30. The smallest absolute Gasteiger partial charge is 0.122 e. The number of nitrogens with one attached hydrogen (secondary N) is 1. The Bertz CT molecular complexity index is 632. The molecule has 0 aliphatic heterocycles. The first kappa shape index (κ1) is 16.5. The zero-order valence-corrected chi connectivity index (χ0v) is 15.2. The topological polar surface area (TPSA) is 47.3 Å². The van der Waals surface area contributed by atoms with E-state index >= 15 is 0 Å². The Balaban J connectivity index is 2.35. The minimum Gasteiger partial charge on any atom is -0.496 e. The van der Waals surface area contributed by atoms with E-state index < -0.39 is 0 Å². The minimum absolute atomic E-state index is 0.0192. The molecule has 3 N–H and O–H groups in total. The van der Waals surface area contributed by atoms with Crippen LogP contribution < -0.4 is 16.0 Å². The number of methoxy groups -OCH3 is 1. The van der Waals surface area contributed by atoms with Crippen LogP contribution in [-0.4, -0.2) is 7.11 Å². The molecular weight excluding hydrogens is 396 g/mol. The highest BCUT2D eigenvalue weighted by Gasteiger charge is 2.16. The molecule has 3 nitrogen and oxygen atoms in total. The zero-order chi connectivity index (χ0) is 15.4. The number of nitrogens with two attached hydrogens (primary N) is 1. The molecule has 2 aromatic rings. The fourth-order valence-corrected chi connectivity index (χ4v) is 3.18. The Hall–Kier alpha value is -0.880. The second-order valence-electron chi connectivity index (χ2n) is 4.83. The van der Waals surface area contributed by atoms with Crippen molar-refractivity contribution in [1.82, 2.24) is 5.43 Å². The molecule has 0 amide bonds. The Kier molecular flexibility index (Phi) is 5.81. The van der Waals surface area contributed by atoms with Crippen LogP contribution in [-0.2, 0) is 6.42 Å². The average Bonchev–Trinajstić information content (AvgIpc) is 2.48. The molecule has 0 aliphatic rings. The number of rotatable bonds is 5. The van der Waals surface area contributed by atoms with Crippen molar-refractivity contribution in [3.63, 3.8) is 0 Å². The molecule has 0 heterocycles. The number of ether oxygens (including phenoxy) is 1. The molecule has 2 rings (SSSR count). The summed E-state index contributed by atoms with van der Waals surface area (Å²) in [6.45, 7) is 2.09. The van der Waals surface area contributed by atoms with Crippen molar-refractivity contribution in [3.8, 4) is 5.75 Å². The third-order valence-electron chi connectivity index (χ3n) is 3.55. The average molecular weight is 414 g/mol. The van der Waals surface area contributed by atoms with E-state index in [4.69, 9.17) is 10.6 Å². The van der Waals surface area contributed by atoms with Crippen LogP contribution in [0.4, 0.5) is 0 Å². The van der Waals surface area contributed by atoms with Crippen molar-refractivity contribution >= 4 is 31.9 Å². The van der Waals surface area contributed by atoms with E-state index in [2.05, 4.69) is 56.3 Å². The van der Waals surface area contributed by atoms with Gasteiger partial charge in [-0.25, -0.2) is 0 Å². The van der Waals surface area contributed by atoms with E-state index in [1.807, 2.05) is 24.3 Å². The van der Waals surface area contributed by atoms with E-state index in [1.165, 1.54) is 11.1 Å². The predicted molar refractivity (Wildman–Crippen MR) is 93.3 cm³/mol. The summed E-state index contributed by atoms with van der Waals surface area (Å²) >= 11 is 7.07. The standard InChI is InChI=1S/C16H18Br2N2O/c1-10-13(4-3-5-14(10)18)15(20-19)9-11-8-12(17)6-7-16(11)21-2/h3-8,15,20H,9,19H2,1-2H3. The van der Waals surface area contributed by atoms with Crippen molar-refractivity contribution < 1.29 is 4.74 Å². The summed E-state index contributed by atoms with van der Waals surface area (Å²) in [4.78, 5) is 0. The van der Waals surface area contributed by atoms with E-state index in [9.17, 15) is 0 Å². The van der Waals surface area contributed by atoms with Gasteiger partial charge in [-0.1, -0.05) is 44.0 Å². The molecule has 0 saturated carbocycles. The van der Waals surface area contributed by atoms with E-state index in [0.717, 1.165) is 26.7 Å². The van der Waals surface area contributed by atoms with Crippen LogP contribution in [0.15, 0.2) is 45.3 Å². The van der Waals surface area contributed by atoms with Crippen LogP contribution in [0.2, 0.25) is 0 Å². The van der Waals surface area contributed by atoms with Gasteiger partial charge < -0.3 is 4.74 Å². The summed E-state index contributed by atoms with van der Waals surface area (Å²) in [5, 5.41) is 0. The number of halogens is 2. The fraction of sp³-hybridized carbons (Fsp3) is 0.250. The van der Waals surface area contributed by atoms with Crippen LogP contribution >= 0.6 is 31.9 Å². The minimum atomic E-state index is 0.0192. The molecule has 0 bridgehead atoms. The molecule has 2 aromatic carbocycles. The number of hydrogen-bond donors (Lipinski definition) is 2. The SMILES string of the molecule is COc1ccc(Br)cc1CC(NN)c1cccc(Br)c1C. The van der Waals surface area contributed by atoms with Gasteiger partial charge in [0.25, 0.3) is 0 Å². The summed E-state index contributed by atoms with van der Waals surface area (Å²) in [7, 11) is 1.68. The van der Waals surface area contributed by atoms with E-state index in [-0.39, 0.29) is 6.04 Å². The van der Waals surface area contributed by atoms with Crippen LogP contribution in [0.5, 0.6) is 5.75 Å². The second kappa shape index (κ2) is 7.40. The van der Waals surface area contributed by atoms with Crippen LogP contribution in [0.1, 0.15) is 22.7 Å². The normalized spacial score (nSPS) is 12.2. The predicted octanol–water partition coefficient (Wildman–Crippen LogP) is 4.28. The lowest BCUT2D eigenvalue weighted by Crippen LogP contribution is -2.30. The van der Waals surface area contributed by atoms with Gasteiger partial charge in [-0.3, -0.25) is 11.3 Å². The zero-order valence-electron chi connectivity index (χ0n) is 12.0. The molecule has 0 aliphatic carbocycles. The number of benzene rings is 2. The number of hydrazine groups is 1. The van der Waals surface area contributed by atoms with E-state index in [0.29, 0.717) is 0 Å². The Morgan fingerprint density at radius 2 is 2.00 bits per heavy atom. The quantitative estimate of drug-likeness (QED) is 0.568. The summed E-state index contributed by atoms with van der Waals surface area (Å²) < 4.78 is 7.55.